The smallest absolute Gasteiger partial charge is 0.130 e. The summed E-state index contributed by atoms with van der Waals surface area (Å²) >= 11 is 0. The monoisotopic (exact) mass is 223 g/mol. The molecule has 3 N–H and O–H groups in total. The van der Waals surface area contributed by atoms with Gasteiger partial charge in [0, 0.05) is 30.4 Å². The third-order valence-electron chi connectivity index (χ3n) is 2.34. The van der Waals surface area contributed by atoms with Crippen LogP contribution in [0.25, 0.3) is 0 Å². The van der Waals surface area contributed by atoms with Gasteiger partial charge in [0.15, 0.2) is 0 Å². The van der Waals surface area contributed by atoms with Crippen LogP contribution in [0.4, 0.5) is 8.78 Å². The van der Waals surface area contributed by atoms with E-state index in [-0.39, 0.29) is 12.0 Å². The third kappa shape index (κ3) is 2.09. The van der Waals surface area contributed by atoms with E-state index in [4.69, 9.17) is 5.73 Å². The maximum Gasteiger partial charge on any atom is 0.130 e. The number of aromatic nitrogens is 2. The topological polar surface area (TPSA) is 54.7 Å². The van der Waals surface area contributed by atoms with Crippen molar-refractivity contribution in [2.45, 2.75) is 12.5 Å². The van der Waals surface area contributed by atoms with Gasteiger partial charge in [0.1, 0.15) is 17.5 Å². The van der Waals surface area contributed by atoms with Crippen molar-refractivity contribution in [3.8, 4) is 0 Å². The molecule has 16 heavy (non-hydrogen) atoms. The highest BCUT2D eigenvalue weighted by molar-refractivity contribution is 5.23. The summed E-state index contributed by atoms with van der Waals surface area (Å²) in [4.78, 5) is 6.80. The Labute approximate surface area is 91.3 Å². The van der Waals surface area contributed by atoms with Gasteiger partial charge in [0.05, 0.1) is 0 Å². The number of benzene rings is 1. The highest BCUT2D eigenvalue weighted by atomic mass is 19.1. The Balaban J connectivity index is 2.24. The molecule has 3 nitrogen and oxygen atoms in total. The number of rotatable bonds is 3. The van der Waals surface area contributed by atoms with Gasteiger partial charge in [-0.25, -0.2) is 13.8 Å². The van der Waals surface area contributed by atoms with Crippen molar-refractivity contribution in [2.75, 3.05) is 0 Å². The van der Waals surface area contributed by atoms with Gasteiger partial charge in [-0.1, -0.05) is 6.07 Å². The zero-order chi connectivity index (χ0) is 11.5. The number of H-pyrrole nitrogens is 1. The Bertz CT molecular complexity index is 448. The number of nitrogens with two attached hydrogens (primary N) is 1. The van der Waals surface area contributed by atoms with Gasteiger partial charge >= 0.3 is 0 Å². The first-order valence-electron chi connectivity index (χ1n) is 4.86. The first kappa shape index (κ1) is 10.8. The molecule has 0 saturated heterocycles. The van der Waals surface area contributed by atoms with Gasteiger partial charge in [0.2, 0.25) is 0 Å². The number of nitrogens with zero attached hydrogens (tertiary/aromatic N) is 1. The summed E-state index contributed by atoms with van der Waals surface area (Å²) in [6.07, 6.45) is 3.48. The lowest BCUT2D eigenvalue weighted by atomic mass is 10.0. The van der Waals surface area contributed by atoms with Crippen LogP contribution in [0.1, 0.15) is 17.4 Å². The fourth-order valence-electron chi connectivity index (χ4n) is 1.58. The summed E-state index contributed by atoms with van der Waals surface area (Å²) in [5.41, 5.74) is 5.65. The van der Waals surface area contributed by atoms with E-state index in [2.05, 4.69) is 9.97 Å². The molecule has 84 valence electrons. The predicted molar refractivity (Wildman–Crippen MR) is 55.6 cm³/mol. The van der Waals surface area contributed by atoms with Crippen molar-refractivity contribution in [2.24, 2.45) is 5.73 Å². The van der Waals surface area contributed by atoms with E-state index in [1.807, 2.05) is 0 Å². The highest BCUT2D eigenvalue weighted by Gasteiger charge is 2.17. The molecule has 0 aliphatic rings. The zero-order valence-corrected chi connectivity index (χ0v) is 8.45. The van der Waals surface area contributed by atoms with E-state index >= 15 is 0 Å². The molecule has 0 aliphatic heterocycles. The van der Waals surface area contributed by atoms with Crippen LogP contribution in [0.2, 0.25) is 0 Å². The van der Waals surface area contributed by atoms with Crippen molar-refractivity contribution >= 4 is 0 Å². The molecule has 1 atom stereocenters. The van der Waals surface area contributed by atoms with Crippen LogP contribution in [0.15, 0.2) is 30.6 Å². The van der Waals surface area contributed by atoms with E-state index in [9.17, 15) is 8.78 Å². The number of hydrogen-bond acceptors (Lipinski definition) is 2. The third-order valence-corrected chi connectivity index (χ3v) is 2.34. The van der Waals surface area contributed by atoms with Crippen LogP contribution in [0.3, 0.4) is 0 Å². The van der Waals surface area contributed by atoms with Gasteiger partial charge < -0.3 is 10.7 Å². The Kier molecular flexibility index (Phi) is 2.96. The lowest BCUT2D eigenvalue weighted by molar-refractivity contribution is 0.521. The van der Waals surface area contributed by atoms with E-state index in [0.717, 1.165) is 0 Å². The van der Waals surface area contributed by atoms with Gasteiger partial charge in [-0.15, -0.1) is 0 Å². The molecule has 5 heteroatoms. The van der Waals surface area contributed by atoms with Gasteiger partial charge in [-0.05, 0) is 12.1 Å². The number of nitrogens with one attached hydrogen (secondary N) is 1. The van der Waals surface area contributed by atoms with Crippen molar-refractivity contribution in [1.82, 2.24) is 9.97 Å². The summed E-state index contributed by atoms with van der Waals surface area (Å²) < 4.78 is 26.8. The fraction of sp³-hybridized carbons (Fsp3) is 0.182. The van der Waals surface area contributed by atoms with E-state index in [1.165, 1.54) is 18.2 Å². The van der Waals surface area contributed by atoms with Crippen LogP contribution in [0.5, 0.6) is 0 Å². The Morgan fingerprint density at radius 1 is 1.31 bits per heavy atom. The SMILES string of the molecule is NC(Cc1ncc[nH]1)c1c(F)cccc1F. The Morgan fingerprint density at radius 3 is 2.56 bits per heavy atom. The first-order valence-corrected chi connectivity index (χ1v) is 4.86. The van der Waals surface area contributed by atoms with Crippen molar-refractivity contribution in [3.05, 3.63) is 53.6 Å². The standard InChI is InChI=1S/C11H11F2N3/c12-7-2-1-3-8(13)11(7)9(14)6-10-15-4-5-16-10/h1-5,9H,6,14H2,(H,15,16). The highest BCUT2D eigenvalue weighted by Crippen LogP contribution is 2.20. The summed E-state index contributed by atoms with van der Waals surface area (Å²) in [5, 5.41) is 0. The largest absolute Gasteiger partial charge is 0.349 e. The Hall–Kier alpha value is -1.75. The molecule has 2 aromatic rings. The second-order valence-corrected chi connectivity index (χ2v) is 3.48. The number of halogens is 2. The van der Waals surface area contributed by atoms with Gasteiger partial charge in [0.25, 0.3) is 0 Å². The molecule has 0 fully saturated rings. The molecule has 1 unspecified atom stereocenters. The van der Waals surface area contributed by atoms with Gasteiger partial charge in [-0.2, -0.15) is 0 Å². The van der Waals surface area contributed by atoms with Crippen LogP contribution < -0.4 is 5.73 Å². The summed E-state index contributed by atoms with van der Waals surface area (Å²) in [5.74, 6) is -0.645. The number of aromatic amines is 1. The van der Waals surface area contributed by atoms with E-state index in [1.54, 1.807) is 12.4 Å². The molecular weight excluding hydrogens is 212 g/mol. The van der Waals surface area contributed by atoms with Crippen molar-refractivity contribution < 1.29 is 8.78 Å². The molecule has 0 bridgehead atoms. The quantitative estimate of drug-likeness (QED) is 0.835. The summed E-state index contributed by atoms with van der Waals surface area (Å²) in [6, 6.07) is 2.96. The van der Waals surface area contributed by atoms with Crippen molar-refractivity contribution in [3.63, 3.8) is 0 Å². The molecule has 0 amide bonds. The molecule has 0 spiro atoms. The van der Waals surface area contributed by atoms with Crippen LogP contribution in [-0.4, -0.2) is 9.97 Å². The zero-order valence-electron chi connectivity index (χ0n) is 8.45. The predicted octanol–water partition coefficient (Wildman–Crippen LogP) is 1.93. The molecule has 1 aromatic heterocycles. The summed E-state index contributed by atoms with van der Waals surface area (Å²) in [6.45, 7) is 0. The molecule has 2 rings (SSSR count). The minimum absolute atomic E-state index is 0.0982. The van der Waals surface area contributed by atoms with Crippen LogP contribution in [0, 0.1) is 11.6 Å². The molecule has 0 aliphatic carbocycles. The fourth-order valence-corrected chi connectivity index (χ4v) is 1.58. The van der Waals surface area contributed by atoms with Gasteiger partial charge in [-0.3, -0.25) is 0 Å². The minimum atomic E-state index is -0.743. The van der Waals surface area contributed by atoms with Crippen LogP contribution in [-0.2, 0) is 6.42 Å². The van der Waals surface area contributed by atoms with Crippen molar-refractivity contribution in [1.29, 1.82) is 0 Å². The average Bonchev–Trinajstić information content (AvgIpc) is 2.70. The molecule has 0 saturated carbocycles. The second-order valence-electron chi connectivity index (χ2n) is 3.48. The maximum atomic E-state index is 13.4. The normalized spacial score (nSPS) is 12.7. The number of hydrogen-bond donors (Lipinski definition) is 2. The molecule has 1 aromatic carbocycles. The first-order chi connectivity index (χ1) is 7.68. The lowest BCUT2D eigenvalue weighted by Gasteiger charge is -2.12. The maximum absolute atomic E-state index is 13.4. The summed E-state index contributed by atoms with van der Waals surface area (Å²) in [7, 11) is 0. The molecular formula is C11H11F2N3. The lowest BCUT2D eigenvalue weighted by Crippen LogP contribution is -2.17. The van der Waals surface area contributed by atoms with Crippen LogP contribution >= 0.6 is 0 Å². The molecule has 1 heterocycles. The average molecular weight is 223 g/mol. The van der Waals surface area contributed by atoms with E-state index in [0.29, 0.717) is 5.82 Å². The Morgan fingerprint density at radius 2 is 2.00 bits per heavy atom. The minimum Gasteiger partial charge on any atom is -0.349 e. The second kappa shape index (κ2) is 4.40. The number of imidazole rings is 1. The molecule has 0 radical (unpaired) electrons. The van der Waals surface area contributed by atoms with E-state index < -0.39 is 17.7 Å².